The lowest BCUT2D eigenvalue weighted by Crippen LogP contribution is -2.31. The second-order valence-corrected chi connectivity index (χ2v) is 5.85. The molecule has 0 saturated carbocycles. The Morgan fingerprint density at radius 1 is 1.25 bits per heavy atom. The van der Waals surface area contributed by atoms with Crippen molar-refractivity contribution in [2.24, 2.45) is 5.92 Å². The van der Waals surface area contributed by atoms with Gasteiger partial charge in [-0.2, -0.15) is 5.10 Å². The smallest absolute Gasteiger partial charge is 0.307 e. The summed E-state index contributed by atoms with van der Waals surface area (Å²) in [7, 11) is 0. The Bertz CT molecular complexity index is 480. The maximum absolute atomic E-state index is 11.0. The van der Waals surface area contributed by atoms with Crippen molar-refractivity contribution in [2.45, 2.75) is 45.1 Å². The van der Waals surface area contributed by atoms with Gasteiger partial charge in [0, 0.05) is 25.9 Å². The van der Waals surface area contributed by atoms with Crippen molar-refractivity contribution in [3.05, 3.63) is 11.6 Å². The number of carbonyl (C=O) groups is 1. The fourth-order valence-electron chi connectivity index (χ4n) is 3.11. The Morgan fingerprint density at radius 2 is 2.05 bits per heavy atom. The van der Waals surface area contributed by atoms with Crippen LogP contribution in [0.3, 0.4) is 0 Å². The SMILES string of the molecule is O=C(O)C1CCn2nc(CCN3CCCCC3)nc2C1. The van der Waals surface area contributed by atoms with E-state index in [1.807, 2.05) is 4.68 Å². The molecule has 1 unspecified atom stereocenters. The molecule has 1 fully saturated rings. The number of aryl methyl sites for hydroxylation is 1. The van der Waals surface area contributed by atoms with Crippen LogP contribution in [0.4, 0.5) is 0 Å². The number of hydrogen-bond donors (Lipinski definition) is 1. The second kappa shape index (κ2) is 5.91. The summed E-state index contributed by atoms with van der Waals surface area (Å²) in [4.78, 5) is 18.0. The maximum Gasteiger partial charge on any atom is 0.307 e. The molecular formula is C14H22N4O2. The fourth-order valence-corrected chi connectivity index (χ4v) is 3.11. The van der Waals surface area contributed by atoms with Gasteiger partial charge in [0.05, 0.1) is 5.92 Å². The van der Waals surface area contributed by atoms with E-state index in [1.54, 1.807) is 0 Å². The van der Waals surface area contributed by atoms with Crippen LogP contribution in [0.1, 0.15) is 37.3 Å². The third kappa shape index (κ3) is 3.00. The third-order valence-electron chi connectivity index (χ3n) is 4.36. The van der Waals surface area contributed by atoms with Crippen molar-refractivity contribution < 1.29 is 9.90 Å². The number of fused-ring (bicyclic) bond motifs is 1. The maximum atomic E-state index is 11.0. The van der Waals surface area contributed by atoms with Crippen LogP contribution in [-0.4, -0.2) is 50.4 Å². The van der Waals surface area contributed by atoms with Gasteiger partial charge in [-0.25, -0.2) is 9.67 Å². The van der Waals surface area contributed by atoms with Crippen LogP contribution in [0.5, 0.6) is 0 Å². The van der Waals surface area contributed by atoms with Gasteiger partial charge in [0.25, 0.3) is 0 Å². The minimum atomic E-state index is -0.714. The molecule has 110 valence electrons. The molecule has 20 heavy (non-hydrogen) atoms. The number of hydrogen-bond acceptors (Lipinski definition) is 4. The molecule has 1 saturated heterocycles. The molecule has 2 aliphatic rings. The van der Waals surface area contributed by atoms with Crippen LogP contribution in [0.2, 0.25) is 0 Å². The monoisotopic (exact) mass is 278 g/mol. The van der Waals surface area contributed by atoms with E-state index in [1.165, 1.54) is 32.4 Å². The number of aliphatic carboxylic acids is 1. The molecule has 0 aromatic carbocycles. The first-order valence-electron chi connectivity index (χ1n) is 7.60. The predicted octanol–water partition coefficient (Wildman–Crippen LogP) is 0.953. The molecule has 3 rings (SSSR count). The average molecular weight is 278 g/mol. The van der Waals surface area contributed by atoms with Crippen molar-refractivity contribution in [3.63, 3.8) is 0 Å². The number of likely N-dealkylation sites (tertiary alicyclic amines) is 1. The summed E-state index contributed by atoms with van der Waals surface area (Å²) < 4.78 is 1.89. The van der Waals surface area contributed by atoms with E-state index in [0.29, 0.717) is 19.4 Å². The molecule has 0 aliphatic carbocycles. The molecular weight excluding hydrogens is 256 g/mol. The summed E-state index contributed by atoms with van der Waals surface area (Å²) in [5.74, 6) is 0.713. The normalized spacial score (nSPS) is 23.5. The van der Waals surface area contributed by atoms with Crippen LogP contribution >= 0.6 is 0 Å². The molecule has 1 aromatic heterocycles. The molecule has 1 N–H and O–H groups in total. The van der Waals surface area contributed by atoms with Crippen LogP contribution in [0.25, 0.3) is 0 Å². The summed E-state index contributed by atoms with van der Waals surface area (Å²) in [5.41, 5.74) is 0. The molecule has 0 radical (unpaired) electrons. The van der Waals surface area contributed by atoms with Gasteiger partial charge in [-0.15, -0.1) is 0 Å². The topological polar surface area (TPSA) is 71.2 Å². The average Bonchev–Trinajstić information content (AvgIpc) is 2.88. The zero-order valence-corrected chi connectivity index (χ0v) is 11.8. The van der Waals surface area contributed by atoms with Gasteiger partial charge in [-0.05, 0) is 32.4 Å². The Balaban J connectivity index is 1.57. The zero-order valence-electron chi connectivity index (χ0n) is 11.8. The summed E-state index contributed by atoms with van der Waals surface area (Å²) in [6.07, 6.45) is 6.01. The molecule has 2 aliphatic heterocycles. The first-order chi connectivity index (χ1) is 9.72. The minimum absolute atomic E-state index is 0.290. The number of aromatic nitrogens is 3. The molecule has 6 heteroatoms. The summed E-state index contributed by atoms with van der Waals surface area (Å²) >= 11 is 0. The van der Waals surface area contributed by atoms with Gasteiger partial charge < -0.3 is 10.0 Å². The van der Waals surface area contributed by atoms with Crippen LogP contribution in [-0.2, 0) is 24.2 Å². The fraction of sp³-hybridized carbons (Fsp3) is 0.786. The second-order valence-electron chi connectivity index (χ2n) is 5.85. The molecule has 1 atom stereocenters. The largest absolute Gasteiger partial charge is 0.481 e. The zero-order chi connectivity index (χ0) is 13.9. The van der Waals surface area contributed by atoms with E-state index in [2.05, 4.69) is 15.0 Å². The highest BCUT2D eigenvalue weighted by molar-refractivity contribution is 5.70. The van der Waals surface area contributed by atoms with Crippen LogP contribution in [0.15, 0.2) is 0 Å². The lowest BCUT2D eigenvalue weighted by atomic mass is 9.98. The van der Waals surface area contributed by atoms with E-state index >= 15 is 0 Å². The molecule has 0 spiro atoms. The number of carboxylic acid groups (broad SMARTS) is 1. The highest BCUT2D eigenvalue weighted by atomic mass is 16.4. The van der Waals surface area contributed by atoms with Crippen molar-refractivity contribution in [2.75, 3.05) is 19.6 Å². The van der Waals surface area contributed by atoms with Crippen molar-refractivity contribution in [3.8, 4) is 0 Å². The van der Waals surface area contributed by atoms with Gasteiger partial charge in [0.2, 0.25) is 0 Å². The van der Waals surface area contributed by atoms with Gasteiger partial charge in [-0.3, -0.25) is 4.79 Å². The Labute approximate surface area is 118 Å². The van der Waals surface area contributed by atoms with Crippen LogP contribution < -0.4 is 0 Å². The highest BCUT2D eigenvalue weighted by Crippen LogP contribution is 2.19. The number of nitrogens with zero attached hydrogens (tertiary/aromatic N) is 4. The number of piperidine rings is 1. The summed E-state index contributed by atoms with van der Waals surface area (Å²) in [5, 5.41) is 13.6. The predicted molar refractivity (Wildman–Crippen MR) is 73.5 cm³/mol. The Morgan fingerprint density at radius 3 is 2.80 bits per heavy atom. The first kappa shape index (κ1) is 13.5. The Kier molecular flexibility index (Phi) is 4.00. The number of rotatable bonds is 4. The van der Waals surface area contributed by atoms with Crippen molar-refractivity contribution in [1.82, 2.24) is 19.7 Å². The molecule has 6 nitrogen and oxygen atoms in total. The van der Waals surface area contributed by atoms with E-state index in [0.717, 1.165) is 24.6 Å². The first-order valence-corrected chi connectivity index (χ1v) is 7.60. The quantitative estimate of drug-likeness (QED) is 0.888. The van der Waals surface area contributed by atoms with E-state index in [9.17, 15) is 4.79 Å². The van der Waals surface area contributed by atoms with Crippen LogP contribution in [0, 0.1) is 5.92 Å². The lowest BCUT2D eigenvalue weighted by molar-refractivity contribution is -0.142. The molecule has 1 aromatic rings. The van der Waals surface area contributed by atoms with E-state index < -0.39 is 5.97 Å². The minimum Gasteiger partial charge on any atom is -0.481 e. The molecule has 3 heterocycles. The summed E-state index contributed by atoms with van der Waals surface area (Å²) in [6.45, 7) is 4.08. The Hall–Kier alpha value is -1.43. The van der Waals surface area contributed by atoms with Crippen molar-refractivity contribution in [1.29, 1.82) is 0 Å². The van der Waals surface area contributed by atoms with Gasteiger partial charge in [-0.1, -0.05) is 6.42 Å². The van der Waals surface area contributed by atoms with Gasteiger partial charge in [0.15, 0.2) is 5.82 Å². The third-order valence-corrected chi connectivity index (χ3v) is 4.36. The van der Waals surface area contributed by atoms with Gasteiger partial charge >= 0.3 is 5.97 Å². The standard InChI is InChI=1S/C14H22N4O2/c19-14(20)11-4-9-18-13(10-11)15-12(16-18)5-8-17-6-2-1-3-7-17/h11H,1-10H2,(H,19,20). The lowest BCUT2D eigenvalue weighted by Gasteiger charge is -2.25. The molecule has 0 bridgehead atoms. The highest BCUT2D eigenvalue weighted by Gasteiger charge is 2.26. The summed E-state index contributed by atoms with van der Waals surface area (Å²) in [6, 6.07) is 0. The van der Waals surface area contributed by atoms with Crippen molar-refractivity contribution >= 4 is 5.97 Å². The van der Waals surface area contributed by atoms with Gasteiger partial charge in [0.1, 0.15) is 5.82 Å². The number of carboxylic acids is 1. The van der Waals surface area contributed by atoms with E-state index in [-0.39, 0.29) is 5.92 Å². The van der Waals surface area contributed by atoms with E-state index in [4.69, 9.17) is 5.11 Å². The molecule has 0 amide bonds.